The number of halogens is 13. The summed E-state index contributed by atoms with van der Waals surface area (Å²) in [5.41, 5.74) is 4.24. The number of benzene rings is 12. The second-order valence-electron chi connectivity index (χ2n) is 36.3. The molecule has 6 aliphatic carbocycles. The predicted octanol–water partition coefficient (Wildman–Crippen LogP) is 32.1. The zero-order valence-corrected chi connectivity index (χ0v) is 82.1. The van der Waals surface area contributed by atoms with Gasteiger partial charge in [0.1, 0.15) is 44.0 Å². The lowest BCUT2D eigenvalue weighted by atomic mass is 9.75. The smallest absolute Gasteiger partial charge is 0.450 e. The van der Waals surface area contributed by atoms with Gasteiger partial charge in [-0.1, -0.05) is 249 Å². The summed E-state index contributed by atoms with van der Waals surface area (Å²) in [6, 6.07) is 90.4. The zero-order valence-electron chi connectivity index (χ0n) is 77.2. The second-order valence-corrected chi connectivity index (χ2v) is 46.8. The van der Waals surface area contributed by atoms with Gasteiger partial charge in [0.05, 0.1) is 32.7 Å². The highest BCUT2D eigenvalue weighted by Gasteiger charge is 2.83. The van der Waals surface area contributed by atoms with Crippen molar-refractivity contribution in [3.63, 3.8) is 0 Å². The van der Waals surface area contributed by atoms with Crippen LogP contribution in [0, 0.1) is 40.7 Å². The van der Waals surface area contributed by atoms with E-state index >= 15 is 8.78 Å². The summed E-state index contributed by atoms with van der Waals surface area (Å²) < 4.78 is 286. The molecule has 0 atom stereocenters. The normalized spacial score (nSPS) is 16.6. The van der Waals surface area contributed by atoms with E-state index in [1.165, 1.54) is 77.8 Å². The summed E-state index contributed by atoms with van der Waals surface area (Å²) in [6.45, 7) is 0. The second kappa shape index (κ2) is 48.5. The van der Waals surface area contributed by atoms with Crippen LogP contribution in [0.25, 0.3) is 0 Å². The van der Waals surface area contributed by atoms with E-state index in [4.69, 9.17) is 13.5 Å². The minimum atomic E-state index is -7.13. The molecule has 0 saturated heterocycles. The van der Waals surface area contributed by atoms with Gasteiger partial charge in [0.2, 0.25) is 17.4 Å². The third-order valence-corrected chi connectivity index (χ3v) is 36.6. The molecule has 0 bridgehead atoms. The van der Waals surface area contributed by atoms with E-state index in [9.17, 15) is 78.1 Å². The molecule has 6 saturated carbocycles. The Balaban J connectivity index is 0.000000145. The van der Waals surface area contributed by atoms with Gasteiger partial charge in [0.25, 0.3) is 0 Å². The van der Waals surface area contributed by atoms with Crippen molar-refractivity contribution in [2.75, 3.05) is 0 Å². The Morgan fingerprint density at radius 1 is 0.271 bits per heavy atom. The highest BCUT2D eigenvalue weighted by atomic mass is 32.2. The summed E-state index contributed by atoms with van der Waals surface area (Å²) in [5, 5.41) is -13.5. The lowest BCUT2D eigenvalue weighted by Gasteiger charge is -2.33. The molecule has 0 aromatic heterocycles. The third kappa shape index (κ3) is 25.8. The molecule has 0 unspecified atom stereocenters. The van der Waals surface area contributed by atoms with Gasteiger partial charge in [-0.3, -0.25) is 4.55 Å². The number of alkyl halides is 6. The molecule has 742 valence electrons. The van der Waals surface area contributed by atoms with E-state index in [-0.39, 0.29) is 85.7 Å². The molecule has 140 heavy (non-hydrogen) atoms. The Morgan fingerprint density at radius 2 is 0.486 bits per heavy atom. The van der Waals surface area contributed by atoms with E-state index in [0.717, 1.165) is 192 Å². The van der Waals surface area contributed by atoms with Crippen molar-refractivity contribution in [1.29, 1.82) is 0 Å². The van der Waals surface area contributed by atoms with E-state index in [1.807, 2.05) is 0 Å². The first-order valence-electron chi connectivity index (χ1n) is 47.9. The Labute approximate surface area is 821 Å². The number of hydrogen-bond donors (Lipinski definition) is 1. The van der Waals surface area contributed by atoms with Crippen LogP contribution in [0.2, 0.25) is 0 Å². The Kier molecular flexibility index (Phi) is 36.7. The standard InChI is InChI=1S/C30H36F4O4S.C27H36F6O6S2.C18H12F3S.2C18H15S/c31-24-26(33)30(39(35,36)37)27(34)25(32)29(24)38-28-22(19-12-6-2-7-13-19)16-21(18-10-4-1-5-11-18)17-23(28)20-14-8-3-9-15-20;28-25(29,26(30,31)40(34,35)36)27(32,33)41(37,38)39-24-22(19-12-6-2-7-13-19)16-21(18-10-4-1-5-11-18)17-23(24)20-14-8-3-9-15-20;19-13-1-7-16(8-2-13)22(17-9-3-14(20)4-10-17)18-11-5-15(21)6-12-18;2*1-4-10-16(11-5-1)19(17-12-6-2-7-13-17)18-14-8-3-9-15-18/h16-20H,1-15H2,(H,35,36,37);16-20H,1-15H2,(H,34,35,36);1-12H;2*1-15H/q;;3*+1/p-1. The average molecular weight is 2050 g/mol. The molecule has 29 heteroatoms. The topological polar surface area (TPSA) is 164 Å². The predicted molar refractivity (Wildman–Crippen MR) is 522 cm³/mol. The number of rotatable bonds is 24. The molecule has 1 N–H and O–H groups in total. The van der Waals surface area contributed by atoms with E-state index in [0.29, 0.717) is 31.6 Å². The Hall–Kier alpha value is -9.85. The van der Waals surface area contributed by atoms with Gasteiger partial charge in [-0.15, -0.1) is 0 Å². The molecule has 0 radical (unpaired) electrons. The maximum absolute atomic E-state index is 15.1. The maximum Gasteiger partial charge on any atom is 0.450 e. The van der Waals surface area contributed by atoms with Crippen molar-refractivity contribution in [3.05, 3.63) is 353 Å². The van der Waals surface area contributed by atoms with Crippen molar-refractivity contribution < 1.29 is 100 Å². The van der Waals surface area contributed by atoms with E-state index < -0.39 is 97.3 Å². The quantitative estimate of drug-likeness (QED) is 0.0202. The van der Waals surface area contributed by atoms with E-state index in [1.54, 1.807) is 48.5 Å². The molecule has 0 aliphatic heterocycles. The summed E-state index contributed by atoms with van der Waals surface area (Å²) in [6.07, 6.45) is 27.2. The molecule has 0 amide bonds. The lowest BCUT2D eigenvalue weighted by Crippen LogP contribution is -2.61. The van der Waals surface area contributed by atoms with Gasteiger partial charge in [-0.25, -0.2) is 30.4 Å². The summed E-state index contributed by atoms with van der Waals surface area (Å²) in [5.74, 6) is -18.2. The molecular weight excluding hydrogens is 1930 g/mol. The monoisotopic (exact) mass is 2040 g/mol. The van der Waals surface area contributed by atoms with Crippen LogP contribution in [0.3, 0.4) is 0 Å². The van der Waals surface area contributed by atoms with Crippen LogP contribution in [-0.4, -0.2) is 50.8 Å². The van der Waals surface area contributed by atoms with Gasteiger partial charge < -0.3 is 13.5 Å². The van der Waals surface area contributed by atoms with Crippen LogP contribution < -0.4 is 8.92 Å². The minimum absolute atomic E-state index is 0.0146. The fourth-order valence-electron chi connectivity index (χ4n) is 19.8. The molecule has 12 aromatic rings. The third-order valence-electron chi connectivity index (χ3n) is 26.9. The lowest BCUT2D eigenvalue weighted by molar-refractivity contribution is -0.247. The largest absolute Gasteiger partial charge is 0.744 e. The van der Waals surface area contributed by atoms with Crippen molar-refractivity contribution in [2.24, 2.45) is 0 Å². The van der Waals surface area contributed by atoms with Crippen LogP contribution in [-0.2, 0) is 63.0 Å². The number of hydrogen-bond acceptors (Lipinski definition) is 9. The van der Waals surface area contributed by atoms with Gasteiger partial charge in [0, 0.05) is 0 Å². The van der Waals surface area contributed by atoms with Crippen LogP contribution >= 0.6 is 0 Å². The summed E-state index contributed by atoms with van der Waals surface area (Å²) in [4.78, 5) is 8.66. The van der Waals surface area contributed by atoms with E-state index in [2.05, 4.69) is 194 Å². The molecule has 12 aromatic carbocycles. The first-order chi connectivity index (χ1) is 67.2. The Morgan fingerprint density at radius 3 is 0.707 bits per heavy atom. The first kappa shape index (κ1) is 106. The van der Waals surface area contributed by atoms with Crippen LogP contribution in [0.5, 0.6) is 17.2 Å². The Bertz CT molecular complexity index is 5860. The fourth-order valence-corrected chi connectivity index (χ4v) is 28.1. The summed E-state index contributed by atoms with van der Waals surface area (Å²) in [7, 11) is -20.4. The van der Waals surface area contributed by atoms with Gasteiger partial charge in [0.15, 0.2) is 55.7 Å². The van der Waals surface area contributed by atoms with Crippen molar-refractivity contribution >= 4 is 63.0 Å². The molecular formula is C111H113F13O10S6+2. The van der Waals surface area contributed by atoms with Gasteiger partial charge in [-0.05, 0) is 292 Å². The highest BCUT2D eigenvalue weighted by molar-refractivity contribution is 7.97. The minimum Gasteiger partial charge on any atom is -0.744 e. The average Bonchev–Trinajstić information content (AvgIpc) is 0.716. The SMILES string of the molecule is Fc1ccc([S+](c2ccc(F)cc2)c2ccc(F)cc2)cc1.O=S(=O)(O)C(F)(F)C(F)(F)C(F)(F)S(=O)(=O)Oc1c(C2CCCCC2)cc(C2CCCCC2)cc1C1CCCCC1.O=S(=O)([O-])c1c(F)c(F)c(Oc2c(C3CCCCC3)cc(C3CCCCC3)cc2C2CCCCC2)c(F)c1F.c1ccc([S+](c2ccccc2)c2ccccc2)cc1.c1ccc([S+](c2ccccc2)c2ccccc2)cc1. The zero-order chi connectivity index (χ0) is 99.4. The molecule has 6 aliphatic rings. The van der Waals surface area contributed by atoms with Crippen LogP contribution in [0.1, 0.15) is 262 Å². The van der Waals surface area contributed by atoms with Gasteiger partial charge in [-0.2, -0.15) is 52.0 Å². The van der Waals surface area contributed by atoms with Crippen LogP contribution in [0.15, 0.2) is 328 Å². The van der Waals surface area contributed by atoms with Crippen molar-refractivity contribution in [3.8, 4) is 17.2 Å². The van der Waals surface area contributed by atoms with Crippen molar-refractivity contribution in [2.45, 2.75) is 294 Å². The first-order valence-corrected chi connectivity index (χ1v) is 55.8. The number of ether oxygens (including phenoxy) is 1. The molecule has 10 nitrogen and oxygen atoms in total. The maximum atomic E-state index is 15.1. The molecule has 0 spiro atoms. The van der Waals surface area contributed by atoms with Crippen LogP contribution in [0.4, 0.5) is 57.1 Å². The fraction of sp³-hybridized carbons (Fsp3) is 0.351. The molecule has 18 rings (SSSR count). The molecule has 0 heterocycles. The van der Waals surface area contributed by atoms with Crippen molar-refractivity contribution in [1.82, 2.24) is 0 Å². The summed E-state index contributed by atoms with van der Waals surface area (Å²) >= 11 is 0. The highest BCUT2D eigenvalue weighted by Crippen LogP contribution is 2.56. The van der Waals surface area contributed by atoms with Gasteiger partial charge >= 0.3 is 36.7 Å². The molecule has 6 fully saturated rings.